The van der Waals surface area contributed by atoms with Gasteiger partial charge < -0.3 is 15.4 Å². The van der Waals surface area contributed by atoms with Crippen molar-refractivity contribution in [3.8, 4) is 5.75 Å². The van der Waals surface area contributed by atoms with Gasteiger partial charge in [0.25, 0.3) is 0 Å². The van der Waals surface area contributed by atoms with Gasteiger partial charge in [-0.3, -0.25) is 9.69 Å². The van der Waals surface area contributed by atoms with Crippen molar-refractivity contribution in [1.29, 1.82) is 0 Å². The summed E-state index contributed by atoms with van der Waals surface area (Å²) in [7, 11) is -4.06. The highest BCUT2D eigenvalue weighted by molar-refractivity contribution is 7.89. The Morgan fingerprint density at radius 2 is 1.46 bits per heavy atom. The molecule has 2 aliphatic carbocycles. The van der Waals surface area contributed by atoms with Crippen LogP contribution in [0.5, 0.6) is 5.75 Å². The Labute approximate surface area is 282 Å². The Morgan fingerprint density at radius 3 is 2.08 bits per heavy atom. The first-order valence-electron chi connectivity index (χ1n) is 17.7. The Morgan fingerprint density at radius 1 is 0.833 bits per heavy atom. The molecule has 2 aromatic rings. The molecule has 2 saturated carbocycles. The summed E-state index contributed by atoms with van der Waals surface area (Å²) >= 11 is 0. The summed E-state index contributed by atoms with van der Waals surface area (Å²) in [5.74, 6) is 1.10. The fourth-order valence-electron chi connectivity index (χ4n) is 8.19. The second-order valence-corrected chi connectivity index (χ2v) is 16.1. The molecule has 4 fully saturated rings. The molecular formula is C36H49F3N4O4S. The molecule has 6 rings (SSSR count). The lowest BCUT2D eigenvalue weighted by Crippen LogP contribution is -2.62. The van der Waals surface area contributed by atoms with Crippen molar-refractivity contribution in [3.05, 3.63) is 59.7 Å². The first-order chi connectivity index (χ1) is 23.0. The van der Waals surface area contributed by atoms with E-state index in [1.54, 1.807) is 41.3 Å². The molecule has 1 amide bonds. The number of carbonyl (C=O) groups excluding carboxylic acids is 1. The van der Waals surface area contributed by atoms with E-state index in [9.17, 15) is 26.4 Å². The lowest BCUT2D eigenvalue weighted by atomic mass is 9.88. The smallest absolute Gasteiger partial charge is 0.416 e. The van der Waals surface area contributed by atoms with Crippen LogP contribution in [0.1, 0.15) is 87.8 Å². The third-order valence-corrected chi connectivity index (χ3v) is 12.9. The monoisotopic (exact) mass is 690 g/mol. The Kier molecular flexibility index (Phi) is 11.0. The molecule has 2 N–H and O–H groups in total. The molecule has 2 atom stereocenters. The van der Waals surface area contributed by atoms with E-state index in [0.29, 0.717) is 50.8 Å². The van der Waals surface area contributed by atoms with Gasteiger partial charge in [-0.1, -0.05) is 44.2 Å². The second-order valence-electron chi connectivity index (χ2n) is 14.2. The standard InChI is InChI=1S/C36H49F3N4O4S/c37-36(38,39)29-12-10-28(11-13-29)34(27-8-4-5-9-27)42-22-23-43(33(24-42)35(44)41-20-18-30(40)19-21-41)48(45,46)32-16-14-31(15-17-32)47-25-26-6-2-1-3-7-26/h10-17,26-27,30,33-34H,1-9,18-25,40H2/t33-,34?/m1/s1. The summed E-state index contributed by atoms with van der Waals surface area (Å²) in [6, 6.07) is 10.7. The maximum absolute atomic E-state index is 14.3. The number of benzene rings is 2. The van der Waals surface area contributed by atoms with Gasteiger partial charge in [0.1, 0.15) is 11.8 Å². The minimum absolute atomic E-state index is 0.00186. The van der Waals surface area contributed by atoms with Gasteiger partial charge in [-0.25, -0.2) is 8.42 Å². The third-order valence-electron chi connectivity index (χ3n) is 11.0. The van der Waals surface area contributed by atoms with Crippen LogP contribution in [-0.4, -0.2) is 79.8 Å². The number of nitrogens with zero attached hydrogens (tertiary/aromatic N) is 3. The zero-order valence-corrected chi connectivity index (χ0v) is 28.4. The number of nitrogens with two attached hydrogens (primary N) is 1. The SMILES string of the molecule is NC1CCN(C(=O)[C@H]2CN(C(c3ccc(C(F)(F)F)cc3)C3CCCC3)CCN2S(=O)(=O)c2ccc(OCC3CCCCC3)cc2)CC1. The summed E-state index contributed by atoms with van der Waals surface area (Å²) in [6.07, 6.45) is 6.79. The van der Waals surface area contributed by atoms with E-state index in [4.69, 9.17) is 10.5 Å². The number of piperidine rings is 1. The predicted octanol–water partition coefficient (Wildman–Crippen LogP) is 6.22. The van der Waals surface area contributed by atoms with Crippen LogP contribution >= 0.6 is 0 Å². The van der Waals surface area contributed by atoms with E-state index in [1.807, 2.05) is 0 Å². The highest BCUT2D eigenvalue weighted by Crippen LogP contribution is 2.42. The van der Waals surface area contributed by atoms with Crippen molar-refractivity contribution in [2.24, 2.45) is 17.6 Å². The van der Waals surface area contributed by atoms with Gasteiger partial charge in [0.2, 0.25) is 15.9 Å². The van der Waals surface area contributed by atoms with E-state index in [0.717, 1.165) is 56.2 Å². The number of hydrogen-bond donors (Lipinski definition) is 1. The number of carbonyl (C=O) groups is 1. The van der Waals surface area contributed by atoms with Crippen LogP contribution in [0.15, 0.2) is 53.4 Å². The number of ether oxygens (including phenoxy) is 1. The summed E-state index contributed by atoms with van der Waals surface area (Å²) in [5, 5.41) is 0. The van der Waals surface area contributed by atoms with Crippen LogP contribution in [0, 0.1) is 11.8 Å². The Balaban J connectivity index is 1.25. The lowest BCUT2D eigenvalue weighted by Gasteiger charge is -2.46. The van der Waals surface area contributed by atoms with Gasteiger partial charge in [0, 0.05) is 44.8 Å². The van der Waals surface area contributed by atoms with Crippen molar-refractivity contribution >= 4 is 15.9 Å². The van der Waals surface area contributed by atoms with E-state index in [-0.39, 0.29) is 41.9 Å². The summed E-state index contributed by atoms with van der Waals surface area (Å²) in [6.45, 7) is 2.15. The summed E-state index contributed by atoms with van der Waals surface area (Å²) in [4.78, 5) is 18.2. The van der Waals surface area contributed by atoms with Crippen LogP contribution in [0.25, 0.3) is 0 Å². The van der Waals surface area contributed by atoms with Crippen LogP contribution in [-0.2, 0) is 21.0 Å². The molecule has 12 heteroatoms. The molecule has 2 aliphatic heterocycles. The number of sulfonamides is 1. The van der Waals surface area contributed by atoms with Gasteiger partial charge in [0.15, 0.2) is 0 Å². The normalized spacial score (nSPS) is 23.8. The Hall–Kier alpha value is -2.67. The first kappa shape index (κ1) is 35.2. The number of hydrogen-bond acceptors (Lipinski definition) is 6. The van der Waals surface area contributed by atoms with E-state index >= 15 is 0 Å². The predicted molar refractivity (Wildman–Crippen MR) is 178 cm³/mol. The fraction of sp³-hybridized carbons (Fsp3) is 0.639. The highest BCUT2D eigenvalue weighted by atomic mass is 32.2. The molecule has 0 radical (unpaired) electrons. The van der Waals surface area contributed by atoms with Crippen molar-refractivity contribution in [2.75, 3.05) is 39.3 Å². The van der Waals surface area contributed by atoms with Crippen molar-refractivity contribution in [2.45, 2.75) is 99.8 Å². The van der Waals surface area contributed by atoms with E-state index in [1.165, 1.54) is 23.6 Å². The average Bonchev–Trinajstić information content (AvgIpc) is 3.62. The van der Waals surface area contributed by atoms with Crippen molar-refractivity contribution in [3.63, 3.8) is 0 Å². The molecule has 2 saturated heterocycles. The zero-order chi connectivity index (χ0) is 33.9. The average molecular weight is 691 g/mol. The molecule has 4 aliphatic rings. The molecule has 2 heterocycles. The molecule has 2 aromatic carbocycles. The van der Waals surface area contributed by atoms with Crippen LogP contribution < -0.4 is 10.5 Å². The van der Waals surface area contributed by atoms with Crippen LogP contribution in [0.4, 0.5) is 13.2 Å². The summed E-state index contributed by atoms with van der Waals surface area (Å²) < 4.78 is 76.1. The fourth-order valence-corrected chi connectivity index (χ4v) is 9.76. The van der Waals surface area contributed by atoms with Crippen molar-refractivity contribution < 1.29 is 31.1 Å². The number of rotatable bonds is 9. The molecule has 8 nitrogen and oxygen atoms in total. The molecule has 0 aromatic heterocycles. The van der Waals surface area contributed by atoms with E-state index in [2.05, 4.69) is 4.90 Å². The molecule has 48 heavy (non-hydrogen) atoms. The van der Waals surface area contributed by atoms with Gasteiger partial charge >= 0.3 is 6.18 Å². The minimum atomic E-state index is -4.43. The molecule has 264 valence electrons. The minimum Gasteiger partial charge on any atom is -0.493 e. The molecule has 0 spiro atoms. The lowest BCUT2D eigenvalue weighted by molar-refractivity contribution is -0.139. The topological polar surface area (TPSA) is 96.2 Å². The van der Waals surface area contributed by atoms with E-state index < -0.39 is 27.8 Å². The quantitative estimate of drug-likeness (QED) is 0.336. The van der Waals surface area contributed by atoms with Crippen molar-refractivity contribution in [1.82, 2.24) is 14.1 Å². The van der Waals surface area contributed by atoms with Gasteiger partial charge in [-0.2, -0.15) is 17.5 Å². The first-order valence-corrected chi connectivity index (χ1v) is 19.1. The number of halogens is 3. The maximum atomic E-state index is 14.3. The number of likely N-dealkylation sites (tertiary alicyclic amines) is 1. The van der Waals surface area contributed by atoms with Crippen LogP contribution in [0.2, 0.25) is 0 Å². The largest absolute Gasteiger partial charge is 0.493 e. The molecule has 0 bridgehead atoms. The maximum Gasteiger partial charge on any atom is 0.416 e. The highest BCUT2D eigenvalue weighted by Gasteiger charge is 2.45. The second kappa shape index (κ2) is 15.1. The Bertz CT molecular complexity index is 1470. The third kappa shape index (κ3) is 8.03. The number of piperazine rings is 1. The van der Waals surface area contributed by atoms with Gasteiger partial charge in [0.05, 0.1) is 17.1 Å². The molecular weight excluding hydrogens is 641 g/mol. The summed E-state index contributed by atoms with van der Waals surface area (Å²) in [5.41, 5.74) is 6.19. The number of alkyl halides is 3. The van der Waals surface area contributed by atoms with Gasteiger partial charge in [-0.15, -0.1) is 0 Å². The zero-order valence-electron chi connectivity index (χ0n) is 27.6. The number of amides is 1. The molecule has 1 unspecified atom stereocenters. The van der Waals surface area contributed by atoms with Gasteiger partial charge in [-0.05, 0) is 92.3 Å². The van der Waals surface area contributed by atoms with Crippen LogP contribution in [0.3, 0.4) is 0 Å².